The predicted molar refractivity (Wildman–Crippen MR) is 107 cm³/mol. The number of nitrogens with zero attached hydrogens (tertiary/aromatic N) is 2. The SMILES string of the molecule is CC1CN(C(=O)c2ccc(OCC(=O)N3C(C)CCCC3C)cc2)CC(C)O1. The van der Waals surface area contributed by atoms with Crippen molar-refractivity contribution in [3.8, 4) is 5.75 Å². The smallest absolute Gasteiger partial charge is 0.260 e. The van der Waals surface area contributed by atoms with Crippen LogP contribution in [0.15, 0.2) is 24.3 Å². The fourth-order valence-electron chi connectivity index (χ4n) is 4.35. The van der Waals surface area contributed by atoms with Crippen LogP contribution in [0.25, 0.3) is 0 Å². The zero-order chi connectivity index (χ0) is 20.3. The van der Waals surface area contributed by atoms with Gasteiger partial charge in [0.15, 0.2) is 6.61 Å². The standard InChI is InChI=1S/C22H32N2O4/c1-15-6-5-7-16(2)24(15)21(25)14-27-20-10-8-19(9-11-20)22(26)23-12-17(3)28-18(4)13-23/h8-11,15-18H,5-7,12-14H2,1-4H3. The maximum Gasteiger partial charge on any atom is 0.260 e. The molecule has 0 aliphatic carbocycles. The molecule has 6 heteroatoms. The number of morpholine rings is 1. The van der Waals surface area contributed by atoms with Crippen molar-refractivity contribution < 1.29 is 19.1 Å². The lowest BCUT2D eigenvalue weighted by Gasteiger charge is -2.39. The molecule has 4 atom stereocenters. The molecule has 0 saturated carbocycles. The molecule has 6 nitrogen and oxygen atoms in total. The van der Waals surface area contributed by atoms with E-state index in [1.807, 2.05) is 23.6 Å². The third-order valence-corrected chi connectivity index (χ3v) is 5.65. The highest BCUT2D eigenvalue weighted by atomic mass is 16.5. The molecule has 0 radical (unpaired) electrons. The zero-order valence-corrected chi connectivity index (χ0v) is 17.4. The van der Waals surface area contributed by atoms with Gasteiger partial charge < -0.3 is 19.3 Å². The number of carbonyl (C=O) groups excluding carboxylic acids is 2. The summed E-state index contributed by atoms with van der Waals surface area (Å²) in [6.45, 7) is 9.38. The van der Waals surface area contributed by atoms with Crippen molar-refractivity contribution in [2.75, 3.05) is 19.7 Å². The van der Waals surface area contributed by atoms with Gasteiger partial charge in [-0.05, 0) is 71.2 Å². The average molecular weight is 389 g/mol. The summed E-state index contributed by atoms with van der Waals surface area (Å²) < 4.78 is 11.4. The Morgan fingerprint density at radius 3 is 2.14 bits per heavy atom. The van der Waals surface area contributed by atoms with E-state index in [4.69, 9.17) is 9.47 Å². The highest BCUT2D eigenvalue weighted by molar-refractivity contribution is 5.94. The first-order valence-corrected chi connectivity index (χ1v) is 10.3. The van der Waals surface area contributed by atoms with Crippen LogP contribution in [0.5, 0.6) is 5.75 Å². The van der Waals surface area contributed by atoms with Crippen molar-refractivity contribution in [1.29, 1.82) is 0 Å². The summed E-state index contributed by atoms with van der Waals surface area (Å²) in [6, 6.07) is 7.57. The average Bonchev–Trinajstić information content (AvgIpc) is 2.65. The van der Waals surface area contributed by atoms with Crippen LogP contribution >= 0.6 is 0 Å². The van der Waals surface area contributed by atoms with E-state index in [1.165, 1.54) is 6.42 Å². The number of rotatable bonds is 4. The van der Waals surface area contributed by atoms with E-state index in [0.717, 1.165) is 12.8 Å². The summed E-state index contributed by atoms with van der Waals surface area (Å²) in [7, 11) is 0. The Balaban J connectivity index is 1.55. The highest BCUT2D eigenvalue weighted by Gasteiger charge is 2.29. The molecule has 4 unspecified atom stereocenters. The minimum Gasteiger partial charge on any atom is -0.484 e. The zero-order valence-electron chi connectivity index (χ0n) is 17.4. The van der Waals surface area contributed by atoms with E-state index in [9.17, 15) is 9.59 Å². The van der Waals surface area contributed by atoms with Gasteiger partial charge in [-0.1, -0.05) is 0 Å². The van der Waals surface area contributed by atoms with Crippen molar-refractivity contribution in [2.24, 2.45) is 0 Å². The Bertz CT molecular complexity index is 670. The van der Waals surface area contributed by atoms with Crippen molar-refractivity contribution >= 4 is 11.8 Å². The van der Waals surface area contributed by atoms with E-state index in [-0.39, 0.29) is 42.7 Å². The normalized spacial score (nSPS) is 28.1. The molecule has 3 rings (SSSR count). The van der Waals surface area contributed by atoms with E-state index in [1.54, 1.807) is 24.3 Å². The third kappa shape index (κ3) is 4.85. The number of likely N-dealkylation sites (tertiary alicyclic amines) is 1. The lowest BCUT2D eigenvalue weighted by atomic mass is 9.97. The molecule has 1 aromatic carbocycles. The van der Waals surface area contributed by atoms with Gasteiger partial charge in [0, 0.05) is 30.7 Å². The lowest BCUT2D eigenvalue weighted by Crippen LogP contribution is -2.49. The first kappa shape index (κ1) is 20.6. The topological polar surface area (TPSA) is 59.1 Å². The Hall–Kier alpha value is -2.08. The molecule has 0 bridgehead atoms. The number of piperidine rings is 1. The molecule has 2 aliphatic rings. The number of carbonyl (C=O) groups is 2. The van der Waals surface area contributed by atoms with Gasteiger partial charge in [0.1, 0.15) is 5.75 Å². The summed E-state index contributed by atoms with van der Waals surface area (Å²) in [5.41, 5.74) is 0.623. The summed E-state index contributed by atoms with van der Waals surface area (Å²) in [5, 5.41) is 0. The van der Waals surface area contributed by atoms with Crippen LogP contribution in [0.4, 0.5) is 0 Å². The molecule has 154 valence electrons. The van der Waals surface area contributed by atoms with Gasteiger partial charge in [0.05, 0.1) is 12.2 Å². The Morgan fingerprint density at radius 2 is 1.57 bits per heavy atom. The van der Waals surface area contributed by atoms with Crippen LogP contribution in [-0.4, -0.2) is 65.6 Å². The molecule has 28 heavy (non-hydrogen) atoms. The van der Waals surface area contributed by atoms with E-state index in [2.05, 4.69) is 13.8 Å². The van der Waals surface area contributed by atoms with Crippen molar-refractivity contribution in [1.82, 2.24) is 9.80 Å². The minimum absolute atomic E-state index is 0.000549. The molecule has 1 aromatic rings. The Kier molecular flexibility index (Phi) is 6.60. The number of hydrogen-bond acceptors (Lipinski definition) is 4. The second kappa shape index (κ2) is 8.95. The Labute approximate surface area is 167 Å². The van der Waals surface area contributed by atoms with Gasteiger partial charge in [-0.15, -0.1) is 0 Å². The van der Waals surface area contributed by atoms with Gasteiger partial charge in [0.25, 0.3) is 11.8 Å². The summed E-state index contributed by atoms with van der Waals surface area (Å²) in [5.74, 6) is 0.627. The molecule has 2 aliphatic heterocycles. The van der Waals surface area contributed by atoms with Gasteiger partial charge >= 0.3 is 0 Å². The monoisotopic (exact) mass is 388 g/mol. The van der Waals surface area contributed by atoms with Crippen molar-refractivity contribution in [3.63, 3.8) is 0 Å². The lowest BCUT2D eigenvalue weighted by molar-refractivity contribution is -0.139. The predicted octanol–water partition coefficient (Wildman–Crippen LogP) is 3.10. The summed E-state index contributed by atoms with van der Waals surface area (Å²) in [6.07, 6.45) is 3.35. The van der Waals surface area contributed by atoms with Crippen LogP contribution in [0, 0.1) is 0 Å². The van der Waals surface area contributed by atoms with Crippen LogP contribution in [0.3, 0.4) is 0 Å². The fourth-order valence-corrected chi connectivity index (χ4v) is 4.35. The van der Waals surface area contributed by atoms with Crippen LogP contribution < -0.4 is 4.74 Å². The number of amides is 2. The van der Waals surface area contributed by atoms with Crippen LogP contribution in [-0.2, 0) is 9.53 Å². The first-order chi connectivity index (χ1) is 13.3. The number of hydrogen-bond donors (Lipinski definition) is 0. The maximum atomic E-state index is 12.7. The molecule has 2 heterocycles. The second-order valence-electron chi connectivity index (χ2n) is 8.21. The molecular formula is C22H32N2O4. The molecule has 2 fully saturated rings. The molecule has 0 spiro atoms. The van der Waals surface area contributed by atoms with Crippen LogP contribution in [0.1, 0.15) is 57.3 Å². The van der Waals surface area contributed by atoms with Crippen molar-refractivity contribution in [2.45, 2.75) is 71.2 Å². The maximum absolute atomic E-state index is 12.7. The summed E-state index contributed by atoms with van der Waals surface area (Å²) in [4.78, 5) is 29.1. The quantitative estimate of drug-likeness (QED) is 0.795. The first-order valence-electron chi connectivity index (χ1n) is 10.3. The number of benzene rings is 1. The van der Waals surface area contributed by atoms with E-state index in [0.29, 0.717) is 24.4 Å². The van der Waals surface area contributed by atoms with Gasteiger partial charge in [-0.25, -0.2) is 0 Å². The summed E-state index contributed by atoms with van der Waals surface area (Å²) >= 11 is 0. The highest BCUT2D eigenvalue weighted by Crippen LogP contribution is 2.23. The molecule has 2 saturated heterocycles. The van der Waals surface area contributed by atoms with Gasteiger partial charge in [-0.3, -0.25) is 9.59 Å². The second-order valence-corrected chi connectivity index (χ2v) is 8.21. The fraction of sp³-hybridized carbons (Fsp3) is 0.636. The largest absolute Gasteiger partial charge is 0.484 e. The molecular weight excluding hydrogens is 356 g/mol. The molecule has 0 aromatic heterocycles. The van der Waals surface area contributed by atoms with Gasteiger partial charge in [0.2, 0.25) is 0 Å². The minimum atomic E-state index is 0.000549. The number of ether oxygens (including phenoxy) is 2. The molecule has 2 amide bonds. The van der Waals surface area contributed by atoms with E-state index >= 15 is 0 Å². The molecule has 0 N–H and O–H groups in total. The third-order valence-electron chi connectivity index (χ3n) is 5.65. The van der Waals surface area contributed by atoms with Gasteiger partial charge in [-0.2, -0.15) is 0 Å². The van der Waals surface area contributed by atoms with Crippen molar-refractivity contribution in [3.05, 3.63) is 29.8 Å². The van der Waals surface area contributed by atoms with E-state index < -0.39 is 0 Å². The van der Waals surface area contributed by atoms with Crippen LogP contribution in [0.2, 0.25) is 0 Å². The Morgan fingerprint density at radius 1 is 1.00 bits per heavy atom.